The molecule has 0 radical (unpaired) electrons. The molecule has 2 aromatic carbocycles. The van der Waals surface area contributed by atoms with Crippen molar-refractivity contribution in [3.63, 3.8) is 0 Å². The van der Waals surface area contributed by atoms with Gasteiger partial charge in [-0.3, -0.25) is 9.82 Å². The summed E-state index contributed by atoms with van der Waals surface area (Å²) in [5.74, 6) is 0.345. The highest BCUT2D eigenvalue weighted by Crippen LogP contribution is 2.25. The lowest BCUT2D eigenvalue weighted by molar-refractivity contribution is 0.591. The minimum Gasteiger partial charge on any atom is -0.382 e. The first-order valence-electron chi connectivity index (χ1n) is 8.29. The van der Waals surface area contributed by atoms with Gasteiger partial charge in [0, 0.05) is 10.6 Å². The number of benzene rings is 2. The second-order valence-electron chi connectivity index (χ2n) is 5.84. The molecule has 0 aliphatic carbocycles. The molecule has 3 aromatic rings. The number of nitrogen functional groups attached to an aromatic ring is 1. The molecule has 1 heterocycles. The van der Waals surface area contributed by atoms with Gasteiger partial charge in [-0.05, 0) is 42.3 Å². The van der Waals surface area contributed by atoms with Crippen LogP contribution in [0.4, 0.5) is 5.82 Å². The number of hydrogen-bond donors (Lipinski definition) is 3. The number of H-pyrrole nitrogens is 1. The number of halogens is 1. The van der Waals surface area contributed by atoms with Crippen LogP contribution in [0, 0.1) is 0 Å². The van der Waals surface area contributed by atoms with Gasteiger partial charge in [-0.2, -0.15) is 5.10 Å². The molecule has 0 bridgehead atoms. The van der Waals surface area contributed by atoms with E-state index in [4.69, 9.17) is 17.3 Å². The fourth-order valence-corrected chi connectivity index (χ4v) is 3.83. The minimum atomic E-state index is -3.83. The molecule has 6 nitrogen and oxygen atoms in total. The van der Waals surface area contributed by atoms with Crippen LogP contribution in [0.5, 0.6) is 0 Å². The van der Waals surface area contributed by atoms with Crippen LogP contribution in [0.25, 0.3) is 11.8 Å². The molecule has 0 saturated heterocycles. The number of aromatic amines is 1. The van der Waals surface area contributed by atoms with Gasteiger partial charge in [-0.25, -0.2) is 8.42 Å². The monoisotopic (exact) mass is 402 g/mol. The van der Waals surface area contributed by atoms with E-state index in [0.717, 1.165) is 11.1 Å². The first kappa shape index (κ1) is 19.0. The molecule has 0 saturated carbocycles. The SMILES string of the molecule is CCc1c(N)n[nH]c1C(=Cc1ccccc1)NS(=O)(=O)c1ccc(Cl)cc1. The Morgan fingerprint density at radius 2 is 1.85 bits per heavy atom. The van der Waals surface area contributed by atoms with Crippen molar-refractivity contribution in [1.82, 2.24) is 14.9 Å². The average molecular weight is 403 g/mol. The van der Waals surface area contributed by atoms with Crippen molar-refractivity contribution < 1.29 is 8.42 Å². The number of hydrogen-bond acceptors (Lipinski definition) is 4. The van der Waals surface area contributed by atoms with Gasteiger partial charge in [-0.15, -0.1) is 0 Å². The topological polar surface area (TPSA) is 101 Å². The second kappa shape index (κ2) is 7.85. The minimum absolute atomic E-state index is 0.108. The molecule has 27 heavy (non-hydrogen) atoms. The molecule has 4 N–H and O–H groups in total. The smallest absolute Gasteiger partial charge is 0.261 e. The molecule has 8 heteroatoms. The predicted octanol–water partition coefficient (Wildman–Crippen LogP) is 3.68. The van der Waals surface area contributed by atoms with E-state index in [1.807, 2.05) is 37.3 Å². The average Bonchev–Trinajstić information content (AvgIpc) is 3.03. The first-order valence-corrected chi connectivity index (χ1v) is 10.1. The normalized spacial score (nSPS) is 12.1. The summed E-state index contributed by atoms with van der Waals surface area (Å²) in [6, 6.07) is 15.4. The van der Waals surface area contributed by atoms with Gasteiger partial charge in [0.15, 0.2) is 0 Å². The number of rotatable bonds is 6. The van der Waals surface area contributed by atoms with Crippen LogP contribution in [0.1, 0.15) is 23.7 Å². The highest BCUT2D eigenvalue weighted by molar-refractivity contribution is 7.89. The summed E-state index contributed by atoms with van der Waals surface area (Å²) in [6.07, 6.45) is 2.34. The molecule has 3 rings (SSSR count). The summed E-state index contributed by atoms with van der Waals surface area (Å²) in [5, 5.41) is 7.32. The molecular weight excluding hydrogens is 384 g/mol. The maximum Gasteiger partial charge on any atom is 0.261 e. The fraction of sp³-hybridized carbons (Fsp3) is 0.105. The number of nitrogens with two attached hydrogens (primary N) is 1. The van der Waals surface area contributed by atoms with Crippen LogP contribution in [0.3, 0.4) is 0 Å². The Bertz CT molecular complexity index is 1060. The lowest BCUT2D eigenvalue weighted by atomic mass is 10.1. The van der Waals surface area contributed by atoms with Gasteiger partial charge in [0.05, 0.1) is 16.3 Å². The molecule has 0 fully saturated rings. The Balaban J connectivity index is 2.07. The summed E-state index contributed by atoms with van der Waals surface area (Å²) in [5.41, 5.74) is 8.39. The molecule has 0 unspecified atom stereocenters. The van der Waals surface area contributed by atoms with Gasteiger partial charge in [0.1, 0.15) is 5.82 Å². The third kappa shape index (κ3) is 4.32. The van der Waals surface area contributed by atoms with E-state index in [0.29, 0.717) is 28.7 Å². The van der Waals surface area contributed by atoms with Gasteiger partial charge >= 0.3 is 0 Å². The molecule has 0 amide bonds. The van der Waals surface area contributed by atoms with Crippen molar-refractivity contribution in [2.45, 2.75) is 18.2 Å². The van der Waals surface area contributed by atoms with Crippen LogP contribution >= 0.6 is 11.6 Å². The van der Waals surface area contributed by atoms with Gasteiger partial charge in [-0.1, -0.05) is 48.9 Å². The number of nitrogens with zero attached hydrogens (tertiary/aromatic N) is 1. The Labute approximate surface area is 163 Å². The molecule has 0 atom stereocenters. The Kier molecular flexibility index (Phi) is 5.53. The molecular formula is C19H19ClN4O2S. The maximum atomic E-state index is 12.9. The van der Waals surface area contributed by atoms with E-state index in [-0.39, 0.29) is 4.90 Å². The summed E-state index contributed by atoms with van der Waals surface area (Å²) in [7, 11) is -3.83. The number of nitrogens with one attached hydrogen (secondary N) is 2. The van der Waals surface area contributed by atoms with Crippen LogP contribution in [-0.2, 0) is 16.4 Å². The third-order valence-electron chi connectivity index (χ3n) is 4.00. The van der Waals surface area contributed by atoms with Crippen LogP contribution < -0.4 is 10.5 Å². The zero-order chi connectivity index (χ0) is 19.4. The zero-order valence-electron chi connectivity index (χ0n) is 14.6. The van der Waals surface area contributed by atoms with Crippen molar-refractivity contribution in [3.05, 3.63) is 76.4 Å². The van der Waals surface area contributed by atoms with Crippen molar-refractivity contribution >= 4 is 39.2 Å². The summed E-state index contributed by atoms with van der Waals surface area (Å²) in [6.45, 7) is 1.93. The van der Waals surface area contributed by atoms with Crippen molar-refractivity contribution in [1.29, 1.82) is 0 Å². The predicted molar refractivity (Wildman–Crippen MR) is 108 cm³/mol. The Morgan fingerprint density at radius 3 is 2.48 bits per heavy atom. The largest absolute Gasteiger partial charge is 0.382 e. The first-order chi connectivity index (χ1) is 12.9. The maximum absolute atomic E-state index is 12.9. The lowest BCUT2D eigenvalue weighted by Crippen LogP contribution is -2.23. The second-order valence-corrected chi connectivity index (χ2v) is 7.96. The van der Waals surface area contributed by atoms with E-state index in [9.17, 15) is 8.42 Å². The van der Waals surface area contributed by atoms with E-state index in [1.54, 1.807) is 6.08 Å². The number of aromatic nitrogens is 2. The van der Waals surface area contributed by atoms with Crippen molar-refractivity contribution in [3.8, 4) is 0 Å². The fourth-order valence-electron chi connectivity index (χ4n) is 2.65. The zero-order valence-corrected chi connectivity index (χ0v) is 16.2. The Morgan fingerprint density at radius 1 is 1.19 bits per heavy atom. The lowest BCUT2D eigenvalue weighted by Gasteiger charge is -2.13. The van der Waals surface area contributed by atoms with E-state index >= 15 is 0 Å². The van der Waals surface area contributed by atoms with Crippen LogP contribution in [0.15, 0.2) is 59.5 Å². The molecule has 0 aliphatic rings. The van der Waals surface area contributed by atoms with Gasteiger partial charge < -0.3 is 5.73 Å². The molecule has 0 aliphatic heterocycles. The van der Waals surface area contributed by atoms with Gasteiger partial charge in [0.2, 0.25) is 0 Å². The third-order valence-corrected chi connectivity index (χ3v) is 5.63. The van der Waals surface area contributed by atoms with Gasteiger partial charge in [0.25, 0.3) is 10.0 Å². The number of anilines is 1. The molecule has 140 valence electrons. The summed E-state index contributed by atoms with van der Waals surface area (Å²) < 4.78 is 28.4. The molecule has 1 aromatic heterocycles. The summed E-state index contributed by atoms with van der Waals surface area (Å²) >= 11 is 5.86. The standard InChI is InChI=1S/C19H19ClN4O2S/c1-2-16-18(22-23-19(16)21)17(12-13-6-4-3-5-7-13)24-27(25,26)15-10-8-14(20)9-11-15/h3-12,24H,2H2,1H3,(H3,21,22,23). The Hall–Kier alpha value is -2.77. The highest BCUT2D eigenvalue weighted by atomic mass is 35.5. The van der Waals surface area contributed by atoms with E-state index < -0.39 is 10.0 Å². The molecule has 0 spiro atoms. The van der Waals surface area contributed by atoms with Crippen LogP contribution in [0.2, 0.25) is 5.02 Å². The van der Waals surface area contributed by atoms with Crippen LogP contribution in [-0.4, -0.2) is 18.6 Å². The number of sulfonamides is 1. The van der Waals surface area contributed by atoms with Crippen molar-refractivity contribution in [2.24, 2.45) is 0 Å². The van der Waals surface area contributed by atoms with E-state index in [2.05, 4.69) is 14.9 Å². The highest BCUT2D eigenvalue weighted by Gasteiger charge is 2.20. The quantitative estimate of drug-likeness (QED) is 0.585. The van der Waals surface area contributed by atoms with Crippen molar-refractivity contribution in [2.75, 3.05) is 5.73 Å². The van der Waals surface area contributed by atoms with E-state index in [1.165, 1.54) is 24.3 Å². The summed E-state index contributed by atoms with van der Waals surface area (Å²) in [4.78, 5) is 0.108.